The first kappa shape index (κ1) is 25.0. The van der Waals surface area contributed by atoms with Crippen LogP contribution in [0.15, 0.2) is 18.2 Å². The van der Waals surface area contributed by atoms with Crippen LogP contribution in [-0.4, -0.2) is 53.4 Å². The smallest absolute Gasteiger partial charge is 0.320 e. The van der Waals surface area contributed by atoms with Crippen molar-refractivity contribution >= 4 is 48.9 Å². The van der Waals surface area contributed by atoms with Crippen LogP contribution in [0.25, 0.3) is 32.1 Å². The first-order chi connectivity index (χ1) is 18.3. The lowest BCUT2D eigenvalue weighted by Crippen LogP contribution is -2.43. The normalized spacial score (nSPS) is 21.2. The summed E-state index contributed by atoms with van der Waals surface area (Å²) in [7, 11) is 1.38. The van der Waals surface area contributed by atoms with E-state index >= 15 is 4.39 Å². The predicted octanol–water partition coefficient (Wildman–Crippen LogP) is 5.86. The quantitative estimate of drug-likeness (QED) is 0.327. The molecule has 2 aromatic heterocycles. The van der Waals surface area contributed by atoms with Gasteiger partial charge in [-0.2, -0.15) is 15.2 Å². The lowest BCUT2D eigenvalue weighted by Gasteiger charge is -2.30. The molecule has 7 nitrogen and oxygen atoms in total. The molecule has 6 rings (SSSR count). The minimum atomic E-state index is -0.926. The minimum Gasteiger partial charge on any atom is -0.480 e. The average Bonchev–Trinajstić information content (AvgIpc) is 3.53. The Labute approximate surface area is 224 Å². The van der Waals surface area contributed by atoms with Gasteiger partial charge in [0.05, 0.1) is 33.3 Å². The number of hydrogen-bond donors (Lipinski definition) is 1. The van der Waals surface area contributed by atoms with E-state index in [-0.39, 0.29) is 66.2 Å². The zero-order valence-corrected chi connectivity index (χ0v) is 21.7. The van der Waals surface area contributed by atoms with Crippen molar-refractivity contribution in [3.05, 3.63) is 40.4 Å². The molecule has 0 bridgehead atoms. The summed E-state index contributed by atoms with van der Waals surface area (Å²) in [5.74, 6) is -1.35. The molecule has 12 heteroatoms. The SMILES string of the molecule is COc1nc(OC[C@@]23CCCN2C[C@H](F)C3)nc2c(F)c(-c3ccc(F)c4sc(N)c(C#N)c34)c(Cl)cc12. The summed E-state index contributed by atoms with van der Waals surface area (Å²) >= 11 is 7.45. The number of anilines is 1. The number of nitrogen functional groups attached to an aromatic ring is 1. The molecule has 4 heterocycles. The first-order valence-corrected chi connectivity index (χ1v) is 13.1. The molecule has 2 saturated heterocycles. The molecule has 0 unspecified atom stereocenters. The van der Waals surface area contributed by atoms with Crippen LogP contribution in [0.4, 0.5) is 18.2 Å². The highest BCUT2D eigenvalue weighted by Gasteiger charge is 2.49. The maximum atomic E-state index is 16.2. The van der Waals surface area contributed by atoms with Gasteiger partial charge in [0.25, 0.3) is 0 Å². The van der Waals surface area contributed by atoms with Crippen LogP contribution in [0.5, 0.6) is 11.9 Å². The van der Waals surface area contributed by atoms with E-state index < -0.39 is 23.3 Å². The van der Waals surface area contributed by atoms with Crippen molar-refractivity contribution in [2.24, 2.45) is 0 Å². The summed E-state index contributed by atoms with van der Waals surface area (Å²) in [6, 6.07) is 5.85. The van der Waals surface area contributed by atoms with Gasteiger partial charge in [0.2, 0.25) is 5.88 Å². The van der Waals surface area contributed by atoms with E-state index in [1.54, 1.807) is 0 Å². The van der Waals surface area contributed by atoms with E-state index in [1.807, 2.05) is 6.07 Å². The number of aromatic nitrogens is 2. The van der Waals surface area contributed by atoms with Gasteiger partial charge in [-0.05, 0) is 37.1 Å². The summed E-state index contributed by atoms with van der Waals surface area (Å²) in [5.41, 5.74) is 5.57. The largest absolute Gasteiger partial charge is 0.480 e. The van der Waals surface area contributed by atoms with Crippen LogP contribution in [-0.2, 0) is 0 Å². The summed E-state index contributed by atoms with van der Waals surface area (Å²) in [6.07, 6.45) is 1.17. The summed E-state index contributed by atoms with van der Waals surface area (Å²) in [4.78, 5) is 10.7. The van der Waals surface area contributed by atoms with Crippen molar-refractivity contribution in [2.45, 2.75) is 31.0 Å². The lowest BCUT2D eigenvalue weighted by molar-refractivity contribution is 0.107. The van der Waals surface area contributed by atoms with Gasteiger partial charge in [0.15, 0.2) is 5.82 Å². The van der Waals surface area contributed by atoms with E-state index in [0.29, 0.717) is 13.0 Å². The van der Waals surface area contributed by atoms with E-state index in [4.69, 9.17) is 26.8 Å². The van der Waals surface area contributed by atoms with Gasteiger partial charge in [-0.15, -0.1) is 11.3 Å². The number of nitrogens with two attached hydrogens (primary N) is 1. The molecule has 2 aromatic carbocycles. The van der Waals surface area contributed by atoms with Crippen molar-refractivity contribution in [3.8, 4) is 29.1 Å². The number of benzene rings is 2. The number of hydrogen-bond acceptors (Lipinski definition) is 8. The molecule has 2 N–H and O–H groups in total. The van der Waals surface area contributed by atoms with E-state index in [2.05, 4.69) is 14.9 Å². The second kappa shape index (κ2) is 9.15. The molecular weight excluding hydrogens is 539 g/mol. The molecule has 2 fully saturated rings. The number of methoxy groups -OCH3 is 1. The molecule has 196 valence electrons. The highest BCUT2D eigenvalue weighted by Crippen LogP contribution is 2.46. The second-order valence-electron chi connectivity index (χ2n) is 9.58. The number of rotatable bonds is 5. The van der Waals surface area contributed by atoms with Gasteiger partial charge < -0.3 is 15.2 Å². The first-order valence-electron chi connectivity index (χ1n) is 11.9. The van der Waals surface area contributed by atoms with Crippen molar-refractivity contribution in [3.63, 3.8) is 0 Å². The molecule has 2 atom stereocenters. The third-order valence-corrected chi connectivity index (χ3v) is 8.78. The van der Waals surface area contributed by atoms with E-state index in [0.717, 1.165) is 30.7 Å². The molecule has 0 amide bonds. The number of fused-ring (bicyclic) bond motifs is 3. The molecule has 0 aliphatic carbocycles. The molecule has 2 aliphatic rings. The van der Waals surface area contributed by atoms with Crippen molar-refractivity contribution in [2.75, 3.05) is 32.5 Å². The Morgan fingerprint density at radius 3 is 2.92 bits per heavy atom. The maximum absolute atomic E-state index is 16.2. The zero-order valence-electron chi connectivity index (χ0n) is 20.2. The summed E-state index contributed by atoms with van der Waals surface area (Å²) in [6.45, 7) is 1.32. The van der Waals surface area contributed by atoms with E-state index in [9.17, 15) is 14.0 Å². The van der Waals surface area contributed by atoms with Crippen molar-refractivity contribution < 1.29 is 22.6 Å². The Morgan fingerprint density at radius 1 is 1.34 bits per heavy atom. The summed E-state index contributed by atoms with van der Waals surface area (Å²) < 4.78 is 56.4. The number of ether oxygens (including phenoxy) is 2. The molecule has 0 spiro atoms. The molecule has 4 aromatic rings. The number of alkyl halides is 1. The highest BCUT2D eigenvalue weighted by molar-refractivity contribution is 7.23. The van der Waals surface area contributed by atoms with Gasteiger partial charge in [0, 0.05) is 23.9 Å². The summed E-state index contributed by atoms with van der Waals surface area (Å²) in [5, 5.41) is 10.2. The van der Waals surface area contributed by atoms with Gasteiger partial charge in [-0.25, -0.2) is 13.2 Å². The molecule has 38 heavy (non-hydrogen) atoms. The standard InChI is InChI=1S/C26H21ClF3N5O2S/c1-36-24-14-7-16(27)19(13-3-4-17(29)22-18(13)15(9-31)23(32)38-22)20(30)21(14)33-25(34-24)37-11-26-5-2-6-35(26)10-12(28)8-26/h3-4,7,12H,2,5-6,8,10-11,32H2,1H3/t12-,26+/m1/s1. The van der Waals surface area contributed by atoms with Gasteiger partial charge in [0.1, 0.15) is 35.2 Å². The minimum absolute atomic E-state index is 0.00688. The highest BCUT2D eigenvalue weighted by atomic mass is 35.5. The Morgan fingerprint density at radius 2 is 2.16 bits per heavy atom. The fourth-order valence-electron chi connectivity index (χ4n) is 5.77. The number of thiophene rings is 1. The van der Waals surface area contributed by atoms with Crippen molar-refractivity contribution in [1.82, 2.24) is 14.9 Å². The van der Waals surface area contributed by atoms with Gasteiger partial charge in [-0.1, -0.05) is 17.7 Å². The Hall–Kier alpha value is -3.33. The molecular formula is C26H21ClF3N5O2S. The van der Waals surface area contributed by atoms with Crippen LogP contribution in [0, 0.1) is 23.0 Å². The maximum Gasteiger partial charge on any atom is 0.320 e. The average molecular weight is 560 g/mol. The fourth-order valence-corrected chi connectivity index (χ4v) is 7.02. The Balaban J connectivity index is 1.49. The number of nitriles is 1. The van der Waals surface area contributed by atoms with Crippen LogP contribution in [0.1, 0.15) is 24.8 Å². The van der Waals surface area contributed by atoms with Gasteiger partial charge >= 0.3 is 6.01 Å². The predicted molar refractivity (Wildman–Crippen MR) is 140 cm³/mol. The molecule has 0 saturated carbocycles. The third kappa shape index (κ3) is 3.73. The number of nitrogens with zero attached hydrogens (tertiary/aromatic N) is 4. The second-order valence-corrected chi connectivity index (χ2v) is 11.0. The van der Waals surface area contributed by atoms with Crippen molar-refractivity contribution in [1.29, 1.82) is 5.26 Å². The van der Waals surface area contributed by atoms with Crippen LogP contribution in [0.3, 0.4) is 0 Å². The monoisotopic (exact) mass is 559 g/mol. The van der Waals surface area contributed by atoms with Crippen LogP contribution in [0.2, 0.25) is 5.02 Å². The fraction of sp³-hybridized carbons (Fsp3) is 0.346. The topological polar surface area (TPSA) is 97.3 Å². The Kier molecular flexibility index (Phi) is 6.01. The third-order valence-electron chi connectivity index (χ3n) is 7.45. The number of halogens is 4. The Bertz CT molecular complexity index is 1660. The van der Waals surface area contributed by atoms with Crippen LogP contribution >= 0.6 is 22.9 Å². The molecule has 2 aliphatic heterocycles. The van der Waals surface area contributed by atoms with Crippen LogP contribution < -0.4 is 15.2 Å². The van der Waals surface area contributed by atoms with E-state index in [1.165, 1.54) is 25.3 Å². The molecule has 0 radical (unpaired) electrons. The van der Waals surface area contributed by atoms with Gasteiger partial charge in [-0.3, -0.25) is 4.90 Å². The lowest BCUT2D eigenvalue weighted by atomic mass is 9.95. The zero-order chi connectivity index (χ0) is 26.8.